The molecular formula is C15H19BrN4. The van der Waals surface area contributed by atoms with Gasteiger partial charge in [0.1, 0.15) is 5.69 Å². The molecule has 106 valence electrons. The lowest BCUT2D eigenvalue weighted by Crippen LogP contribution is -2.15. The summed E-state index contributed by atoms with van der Waals surface area (Å²) in [7, 11) is 0. The van der Waals surface area contributed by atoms with Crippen molar-refractivity contribution in [1.82, 2.24) is 15.0 Å². The molecule has 0 radical (unpaired) electrons. The first kappa shape index (κ1) is 15.1. The summed E-state index contributed by atoms with van der Waals surface area (Å²) in [5.74, 6) is 1.12. The number of hydrogen-bond acceptors (Lipinski definition) is 4. The molecule has 1 unspecified atom stereocenters. The molecule has 0 amide bonds. The predicted molar refractivity (Wildman–Crippen MR) is 84.4 cm³/mol. The standard InChI is InChI=1S/C15H19BrN4/c1-9(7-17)6-13-10(2)19-15(20-11(13)3)14-5-4-12(16)8-18-14/h4-5,8-9H,6-7,17H2,1-3H3. The molecule has 0 aliphatic rings. The molecule has 4 nitrogen and oxygen atoms in total. The monoisotopic (exact) mass is 334 g/mol. The van der Waals surface area contributed by atoms with Gasteiger partial charge in [0, 0.05) is 22.1 Å². The molecule has 0 spiro atoms. The van der Waals surface area contributed by atoms with Crippen LogP contribution in [0, 0.1) is 19.8 Å². The van der Waals surface area contributed by atoms with Crippen molar-refractivity contribution in [2.45, 2.75) is 27.2 Å². The zero-order valence-corrected chi connectivity index (χ0v) is 13.6. The number of rotatable bonds is 4. The molecule has 20 heavy (non-hydrogen) atoms. The van der Waals surface area contributed by atoms with Crippen molar-refractivity contribution in [3.05, 3.63) is 39.8 Å². The Balaban J connectivity index is 2.37. The largest absolute Gasteiger partial charge is 0.330 e. The van der Waals surface area contributed by atoms with E-state index in [0.717, 1.165) is 28.0 Å². The summed E-state index contributed by atoms with van der Waals surface area (Å²) in [5, 5.41) is 0. The zero-order valence-electron chi connectivity index (χ0n) is 12.0. The second kappa shape index (κ2) is 6.41. The molecule has 0 saturated heterocycles. The van der Waals surface area contributed by atoms with Gasteiger partial charge in [0.25, 0.3) is 0 Å². The van der Waals surface area contributed by atoms with E-state index in [2.05, 4.69) is 37.8 Å². The first-order valence-corrected chi connectivity index (χ1v) is 7.46. The van der Waals surface area contributed by atoms with Crippen molar-refractivity contribution >= 4 is 15.9 Å². The third kappa shape index (κ3) is 3.41. The van der Waals surface area contributed by atoms with Crippen molar-refractivity contribution < 1.29 is 0 Å². The third-order valence-electron chi connectivity index (χ3n) is 3.33. The molecule has 0 aromatic carbocycles. The van der Waals surface area contributed by atoms with Crippen LogP contribution in [0.15, 0.2) is 22.8 Å². The van der Waals surface area contributed by atoms with Gasteiger partial charge in [-0.05, 0) is 66.4 Å². The molecule has 2 aromatic heterocycles. The highest BCUT2D eigenvalue weighted by atomic mass is 79.9. The minimum Gasteiger partial charge on any atom is -0.330 e. The van der Waals surface area contributed by atoms with Crippen molar-refractivity contribution in [3.63, 3.8) is 0 Å². The average Bonchev–Trinajstić information content (AvgIpc) is 2.43. The van der Waals surface area contributed by atoms with E-state index < -0.39 is 0 Å². The quantitative estimate of drug-likeness (QED) is 0.933. The molecule has 0 aliphatic heterocycles. The smallest absolute Gasteiger partial charge is 0.178 e. The fourth-order valence-corrected chi connectivity index (χ4v) is 2.32. The van der Waals surface area contributed by atoms with Crippen LogP contribution in [-0.4, -0.2) is 21.5 Å². The highest BCUT2D eigenvalue weighted by Crippen LogP contribution is 2.20. The Hall–Kier alpha value is -1.33. The van der Waals surface area contributed by atoms with E-state index in [-0.39, 0.29) is 0 Å². The highest BCUT2D eigenvalue weighted by Gasteiger charge is 2.13. The summed E-state index contributed by atoms with van der Waals surface area (Å²) in [4.78, 5) is 13.5. The summed E-state index contributed by atoms with van der Waals surface area (Å²) < 4.78 is 0.947. The van der Waals surface area contributed by atoms with Crippen LogP contribution in [0.2, 0.25) is 0 Å². The lowest BCUT2D eigenvalue weighted by Gasteiger charge is -2.14. The maximum absolute atomic E-state index is 5.70. The molecule has 2 heterocycles. The van der Waals surface area contributed by atoms with Gasteiger partial charge in [-0.3, -0.25) is 4.98 Å². The Kier molecular flexibility index (Phi) is 4.83. The number of pyridine rings is 1. The first-order chi connectivity index (χ1) is 9.51. The summed E-state index contributed by atoms with van der Waals surface area (Å²) >= 11 is 3.38. The number of halogens is 1. The second-order valence-electron chi connectivity index (χ2n) is 5.10. The van der Waals surface area contributed by atoms with E-state index in [1.54, 1.807) is 6.20 Å². The first-order valence-electron chi connectivity index (χ1n) is 6.67. The van der Waals surface area contributed by atoms with Crippen LogP contribution in [-0.2, 0) is 6.42 Å². The molecule has 1 atom stereocenters. The van der Waals surface area contributed by atoms with Gasteiger partial charge in [-0.25, -0.2) is 9.97 Å². The summed E-state index contributed by atoms with van der Waals surface area (Å²) in [6, 6.07) is 3.86. The second-order valence-corrected chi connectivity index (χ2v) is 6.02. The normalized spacial score (nSPS) is 12.4. The number of aryl methyl sites for hydroxylation is 2. The van der Waals surface area contributed by atoms with E-state index in [0.29, 0.717) is 18.3 Å². The molecule has 2 aromatic rings. The van der Waals surface area contributed by atoms with Gasteiger partial charge in [0.05, 0.1) is 0 Å². The van der Waals surface area contributed by atoms with Crippen molar-refractivity contribution in [3.8, 4) is 11.5 Å². The van der Waals surface area contributed by atoms with E-state index in [1.165, 1.54) is 5.56 Å². The molecule has 0 saturated carbocycles. The van der Waals surface area contributed by atoms with Crippen LogP contribution in [0.4, 0.5) is 0 Å². The van der Waals surface area contributed by atoms with E-state index in [9.17, 15) is 0 Å². The molecule has 2 N–H and O–H groups in total. The van der Waals surface area contributed by atoms with Crippen LogP contribution >= 0.6 is 15.9 Å². The van der Waals surface area contributed by atoms with Crippen LogP contribution in [0.1, 0.15) is 23.9 Å². The van der Waals surface area contributed by atoms with Crippen molar-refractivity contribution in [1.29, 1.82) is 0 Å². The zero-order chi connectivity index (χ0) is 14.7. The van der Waals surface area contributed by atoms with Crippen LogP contribution in [0.5, 0.6) is 0 Å². The molecule has 0 fully saturated rings. The molecule has 2 rings (SSSR count). The topological polar surface area (TPSA) is 64.7 Å². The summed E-state index contributed by atoms with van der Waals surface area (Å²) in [6.45, 7) is 6.86. The van der Waals surface area contributed by atoms with Gasteiger partial charge >= 0.3 is 0 Å². The van der Waals surface area contributed by atoms with E-state index in [1.807, 2.05) is 26.0 Å². The van der Waals surface area contributed by atoms with Crippen LogP contribution < -0.4 is 5.73 Å². The number of aromatic nitrogens is 3. The van der Waals surface area contributed by atoms with Gasteiger partial charge in [-0.1, -0.05) is 6.92 Å². The lowest BCUT2D eigenvalue weighted by atomic mass is 9.99. The van der Waals surface area contributed by atoms with Gasteiger partial charge in [-0.15, -0.1) is 0 Å². The van der Waals surface area contributed by atoms with Gasteiger partial charge in [0.15, 0.2) is 5.82 Å². The molecule has 0 bridgehead atoms. The SMILES string of the molecule is Cc1nc(-c2ccc(Br)cn2)nc(C)c1CC(C)CN. The molecule has 0 aliphatic carbocycles. The lowest BCUT2D eigenvalue weighted by molar-refractivity contribution is 0.586. The van der Waals surface area contributed by atoms with E-state index in [4.69, 9.17) is 5.73 Å². The summed E-state index contributed by atoms with van der Waals surface area (Å²) in [5.41, 5.74) is 9.71. The Morgan fingerprint density at radius 2 is 1.85 bits per heavy atom. The molecular weight excluding hydrogens is 316 g/mol. The Bertz CT molecular complexity index is 572. The Labute approximate surface area is 128 Å². The predicted octanol–water partition coefficient (Wildman–Crippen LogP) is 3.06. The van der Waals surface area contributed by atoms with Gasteiger partial charge < -0.3 is 5.73 Å². The maximum atomic E-state index is 5.70. The fraction of sp³-hybridized carbons (Fsp3) is 0.400. The fourth-order valence-electron chi connectivity index (χ4n) is 2.09. The highest BCUT2D eigenvalue weighted by molar-refractivity contribution is 9.10. The number of hydrogen-bond donors (Lipinski definition) is 1. The van der Waals surface area contributed by atoms with Crippen molar-refractivity contribution in [2.75, 3.05) is 6.54 Å². The maximum Gasteiger partial charge on any atom is 0.178 e. The number of nitrogens with zero attached hydrogens (tertiary/aromatic N) is 3. The Morgan fingerprint density at radius 1 is 1.20 bits per heavy atom. The minimum atomic E-state index is 0.438. The van der Waals surface area contributed by atoms with Crippen LogP contribution in [0.3, 0.4) is 0 Å². The van der Waals surface area contributed by atoms with Gasteiger partial charge in [-0.2, -0.15) is 0 Å². The van der Waals surface area contributed by atoms with Crippen LogP contribution in [0.25, 0.3) is 11.5 Å². The molecule has 5 heteroatoms. The minimum absolute atomic E-state index is 0.438. The average molecular weight is 335 g/mol. The summed E-state index contributed by atoms with van der Waals surface area (Å²) in [6.07, 6.45) is 2.68. The van der Waals surface area contributed by atoms with E-state index >= 15 is 0 Å². The van der Waals surface area contributed by atoms with Crippen molar-refractivity contribution in [2.24, 2.45) is 11.7 Å². The Morgan fingerprint density at radius 3 is 2.35 bits per heavy atom. The van der Waals surface area contributed by atoms with Gasteiger partial charge in [0.2, 0.25) is 0 Å². The third-order valence-corrected chi connectivity index (χ3v) is 3.80. The number of nitrogens with two attached hydrogens (primary N) is 1.